The second-order valence-corrected chi connectivity index (χ2v) is 5.09. The Balaban J connectivity index is 2.06. The van der Waals surface area contributed by atoms with Crippen LogP contribution in [-0.2, 0) is 6.54 Å². The third-order valence-corrected chi connectivity index (χ3v) is 3.99. The van der Waals surface area contributed by atoms with Gasteiger partial charge in [-0.15, -0.1) is 11.8 Å². The summed E-state index contributed by atoms with van der Waals surface area (Å²) in [6.07, 6.45) is 3.66. The lowest BCUT2D eigenvalue weighted by Gasteiger charge is -2.16. The van der Waals surface area contributed by atoms with Crippen molar-refractivity contribution in [1.29, 1.82) is 0 Å². The maximum absolute atomic E-state index is 13.5. The van der Waals surface area contributed by atoms with Crippen molar-refractivity contribution in [2.45, 2.75) is 24.4 Å². The third-order valence-electron chi connectivity index (χ3n) is 2.84. The molecular weight excluding hydrogens is 263 g/mol. The molecule has 3 N–H and O–H groups in total. The molecule has 0 radical (unpaired) electrons. The zero-order valence-corrected chi connectivity index (χ0v) is 11.5. The maximum Gasteiger partial charge on any atom is 0.136 e. The smallest absolute Gasteiger partial charge is 0.136 e. The van der Waals surface area contributed by atoms with Crippen LogP contribution in [0.2, 0.25) is 0 Å². The minimum atomic E-state index is -0.206. The van der Waals surface area contributed by atoms with Crippen molar-refractivity contribution in [1.82, 2.24) is 15.0 Å². The number of halogens is 1. The highest BCUT2D eigenvalue weighted by molar-refractivity contribution is 7.99. The lowest BCUT2D eigenvalue weighted by atomic mass is 10.3. The second kappa shape index (κ2) is 6.70. The Morgan fingerprint density at radius 2 is 2.26 bits per heavy atom. The highest BCUT2D eigenvalue weighted by atomic mass is 32.2. The Morgan fingerprint density at radius 3 is 2.95 bits per heavy atom. The zero-order chi connectivity index (χ0) is 13.7. The fraction of sp³-hybridized carbons (Fsp3) is 0.308. The fourth-order valence-corrected chi connectivity index (χ4v) is 2.80. The molecule has 1 aromatic heterocycles. The Hall–Kier alpha value is -1.37. The van der Waals surface area contributed by atoms with Crippen molar-refractivity contribution in [3.8, 4) is 0 Å². The van der Waals surface area contributed by atoms with Crippen LogP contribution in [0.4, 0.5) is 4.39 Å². The number of aryl methyl sites for hydroxylation is 1. The van der Waals surface area contributed by atoms with Crippen molar-refractivity contribution >= 4 is 11.8 Å². The molecule has 19 heavy (non-hydrogen) atoms. The van der Waals surface area contributed by atoms with Crippen molar-refractivity contribution in [3.05, 3.63) is 48.3 Å². The van der Waals surface area contributed by atoms with E-state index in [1.807, 2.05) is 23.8 Å². The van der Waals surface area contributed by atoms with Crippen LogP contribution in [0, 0.1) is 5.82 Å². The highest BCUT2D eigenvalue weighted by Gasteiger charge is 2.16. The quantitative estimate of drug-likeness (QED) is 0.484. The predicted octanol–water partition coefficient (Wildman–Crippen LogP) is 2.34. The topological polar surface area (TPSA) is 55.9 Å². The number of nitrogens with one attached hydrogen (secondary N) is 1. The molecule has 2 aromatic rings. The molecule has 0 fully saturated rings. The van der Waals surface area contributed by atoms with Gasteiger partial charge in [0.05, 0.1) is 6.04 Å². The average Bonchev–Trinajstić information content (AvgIpc) is 2.90. The van der Waals surface area contributed by atoms with Crippen LogP contribution in [0.25, 0.3) is 0 Å². The largest absolute Gasteiger partial charge is 0.334 e. The van der Waals surface area contributed by atoms with Gasteiger partial charge in [-0.2, -0.15) is 0 Å². The van der Waals surface area contributed by atoms with E-state index in [1.165, 1.54) is 17.8 Å². The van der Waals surface area contributed by atoms with Gasteiger partial charge in [0.1, 0.15) is 11.6 Å². The molecule has 4 nitrogen and oxygen atoms in total. The third kappa shape index (κ3) is 3.34. The number of rotatable bonds is 6. The van der Waals surface area contributed by atoms with Crippen molar-refractivity contribution in [2.24, 2.45) is 5.84 Å². The van der Waals surface area contributed by atoms with Crippen LogP contribution in [0.15, 0.2) is 41.6 Å². The molecule has 102 valence electrons. The molecule has 2 rings (SSSR count). The number of nitrogens with two attached hydrogens (primary N) is 1. The van der Waals surface area contributed by atoms with Gasteiger partial charge in [-0.3, -0.25) is 5.84 Å². The molecule has 1 atom stereocenters. The summed E-state index contributed by atoms with van der Waals surface area (Å²) in [4.78, 5) is 4.93. The summed E-state index contributed by atoms with van der Waals surface area (Å²) >= 11 is 1.43. The molecule has 0 aliphatic heterocycles. The van der Waals surface area contributed by atoms with E-state index in [0.717, 1.165) is 12.4 Å². The molecule has 0 saturated carbocycles. The first-order valence-electron chi connectivity index (χ1n) is 6.10. The van der Waals surface area contributed by atoms with E-state index in [1.54, 1.807) is 18.3 Å². The maximum atomic E-state index is 13.5. The second-order valence-electron chi connectivity index (χ2n) is 4.03. The van der Waals surface area contributed by atoms with Crippen LogP contribution in [0.3, 0.4) is 0 Å². The Kier molecular flexibility index (Phi) is 4.95. The standard InChI is InChI=1S/C13H17FN4S/c1-2-18-8-7-16-13(18)11(17-15)9-19-12-6-4-3-5-10(12)14/h3-8,11,17H,2,9,15H2,1H3. The van der Waals surface area contributed by atoms with Crippen molar-refractivity contribution < 1.29 is 4.39 Å². The Bertz CT molecular complexity index is 529. The minimum absolute atomic E-state index is 0.112. The first kappa shape index (κ1) is 14.0. The molecule has 0 aliphatic carbocycles. The lowest BCUT2D eigenvalue weighted by Crippen LogP contribution is -2.31. The summed E-state index contributed by atoms with van der Waals surface area (Å²) in [5.41, 5.74) is 2.74. The normalized spacial score (nSPS) is 12.6. The summed E-state index contributed by atoms with van der Waals surface area (Å²) in [6, 6.07) is 6.62. The first-order chi connectivity index (χ1) is 9.26. The van der Waals surface area contributed by atoms with Crippen LogP contribution in [0.5, 0.6) is 0 Å². The average molecular weight is 280 g/mol. The number of hydrogen-bond donors (Lipinski definition) is 2. The van der Waals surface area contributed by atoms with E-state index in [0.29, 0.717) is 10.6 Å². The Labute approximate surface area is 116 Å². The minimum Gasteiger partial charge on any atom is -0.334 e. The molecule has 1 aromatic carbocycles. The molecular formula is C13H17FN4S. The molecule has 0 saturated heterocycles. The van der Waals surface area contributed by atoms with Crippen LogP contribution >= 0.6 is 11.8 Å². The van der Waals surface area contributed by atoms with Gasteiger partial charge in [0.15, 0.2) is 0 Å². The van der Waals surface area contributed by atoms with E-state index in [4.69, 9.17) is 5.84 Å². The fourth-order valence-electron chi connectivity index (χ4n) is 1.83. The zero-order valence-electron chi connectivity index (χ0n) is 10.7. The number of hydrazine groups is 1. The highest BCUT2D eigenvalue weighted by Crippen LogP contribution is 2.25. The molecule has 0 spiro atoms. The number of aromatic nitrogens is 2. The van der Waals surface area contributed by atoms with E-state index >= 15 is 0 Å². The van der Waals surface area contributed by atoms with Gasteiger partial charge in [-0.05, 0) is 19.1 Å². The summed E-state index contributed by atoms with van der Waals surface area (Å²) in [5, 5.41) is 0. The van der Waals surface area contributed by atoms with Gasteiger partial charge in [-0.25, -0.2) is 14.8 Å². The lowest BCUT2D eigenvalue weighted by molar-refractivity contribution is 0.540. The van der Waals surface area contributed by atoms with E-state index in [9.17, 15) is 4.39 Å². The summed E-state index contributed by atoms with van der Waals surface area (Å²) in [7, 11) is 0. The summed E-state index contributed by atoms with van der Waals surface area (Å²) in [6.45, 7) is 2.88. The van der Waals surface area contributed by atoms with Crippen LogP contribution in [-0.4, -0.2) is 15.3 Å². The predicted molar refractivity (Wildman–Crippen MR) is 75.1 cm³/mol. The molecule has 6 heteroatoms. The monoisotopic (exact) mass is 280 g/mol. The van der Waals surface area contributed by atoms with Gasteiger partial charge in [0.25, 0.3) is 0 Å². The van der Waals surface area contributed by atoms with Crippen LogP contribution in [0.1, 0.15) is 18.8 Å². The van der Waals surface area contributed by atoms with Crippen LogP contribution < -0.4 is 11.3 Å². The van der Waals surface area contributed by atoms with Gasteiger partial charge >= 0.3 is 0 Å². The van der Waals surface area contributed by atoms with E-state index in [-0.39, 0.29) is 11.9 Å². The molecule has 0 bridgehead atoms. The molecule has 1 heterocycles. The van der Waals surface area contributed by atoms with Gasteiger partial charge < -0.3 is 4.57 Å². The number of hydrogen-bond acceptors (Lipinski definition) is 4. The SMILES string of the molecule is CCn1ccnc1C(CSc1ccccc1F)NN. The summed E-state index contributed by atoms with van der Waals surface area (Å²) < 4.78 is 15.6. The number of imidazole rings is 1. The van der Waals surface area contributed by atoms with E-state index < -0.39 is 0 Å². The van der Waals surface area contributed by atoms with Gasteiger partial charge in [0, 0.05) is 29.6 Å². The van der Waals surface area contributed by atoms with Gasteiger partial charge in [-0.1, -0.05) is 12.1 Å². The first-order valence-corrected chi connectivity index (χ1v) is 7.09. The van der Waals surface area contributed by atoms with Crippen molar-refractivity contribution in [3.63, 3.8) is 0 Å². The molecule has 0 amide bonds. The molecule has 1 unspecified atom stereocenters. The van der Waals surface area contributed by atoms with Crippen molar-refractivity contribution in [2.75, 3.05) is 5.75 Å². The van der Waals surface area contributed by atoms with E-state index in [2.05, 4.69) is 10.4 Å². The number of benzene rings is 1. The summed E-state index contributed by atoms with van der Waals surface area (Å²) in [5.74, 6) is 6.86. The Morgan fingerprint density at radius 1 is 1.47 bits per heavy atom. The number of thioether (sulfide) groups is 1. The van der Waals surface area contributed by atoms with Gasteiger partial charge in [0.2, 0.25) is 0 Å². The number of nitrogens with zero attached hydrogens (tertiary/aromatic N) is 2. The molecule has 0 aliphatic rings.